The zero-order valence-electron chi connectivity index (χ0n) is 4.84. The molecule has 1 atom stereocenters. The van der Waals surface area contributed by atoms with E-state index in [0.29, 0.717) is 0 Å². The Hall–Kier alpha value is -0.490. The first-order valence-corrected chi connectivity index (χ1v) is 3.49. The van der Waals surface area contributed by atoms with Crippen LogP contribution in [0.4, 0.5) is 0 Å². The molecule has 46 valence electrons. The smallest absolute Gasteiger partial charge is 0.153 e. The maximum Gasteiger partial charge on any atom is 0.153 e. The molecule has 0 aliphatic carbocycles. The van der Waals surface area contributed by atoms with Gasteiger partial charge in [-0.2, -0.15) is 0 Å². The van der Waals surface area contributed by atoms with Crippen molar-refractivity contribution in [3.05, 3.63) is 0 Å². The summed E-state index contributed by atoms with van der Waals surface area (Å²) in [7, 11) is -2.34. The quantitative estimate of drug-likeness (QED) is 0.403. The van der Waals surface area contributed by atoms with Crippen LogP contribution < -0.4 is 0 Å². The predicted molar refractivity (Wildman–Crippen MR) is 33.2 cm³/mol. The molecule has 0 amide bonds. The Morgan fingerprint density at radius 3 is 2.12 bits per heavy atom. The molecule has 0 aromatic heterocycles. The van der Waals surface area contributed by atoms with Crippen LogP contribution in [0.25, 0.3) is 0 Å². The molecule has 0 rings (SSSR count). The lowest BCUT2D eigenvalue weighted by Gasteiger charge is -1.84. The molecule has 0 aromatic carbocycles. The largest absolute Gasteiger partial charge is 0.231 e. The third-order valence-electron chi connectivity index (χ3n) is 0.669. The van der Waals surface area contributed by atoms with Gasteiger partial charge in [0.25, 0.3) is 0 Å². The van der Waals surface area contributed by atoms with Gasteiger partial charge in [0.2, 0.25) is 0 Å². The molecule has 0 aliphatic heterocycles. The van der Waals surface area contributed by atoms with Crippen molar-refractivity contribution in [3.63, 3.8) is 0 Å². The summed E-state index contributed by atoms with van der Waals surface area (Å²) in [6.45, 7) is 3.18. The van der Waals surface area contributed by atoms with Crippen LogP contribution in [-0.2, 0) is 10.7 Å². The number of hydrogen-bond acceptors (Lipinski definition) is 2. The minimum absolute atomic E-state index is 0.491. The van der Waals surface area contributed by atoms with E-state index in [1.165, 1.54) is 0 Å². The van der Waals surface area contributed by atoms with Crippen LogP contribution in [0, 0.1) is 11.8 Å². The minimum atomic E-state index is -2.34. The Morgan fingerprint density at radius 2 is 2.00 bits per heavy atom. The highest BCUT2D eigenvalue weighted by atomic mass is 32.2. The van der Waals surface area contributed by atoms with Gasteiger partial charge in [0.05, 0.1) is 0 Å². The van der Waals surface area contributed by atoms with E-state index in [-0.39, 0.29) is 0 Å². The summed E-state index contributed by atoms with van der Waals surface area (Å²) in [5.74, 6) is 5.01. The summed E-state index contributed by atoms with van der Waals surface area (Å²) in [6.07, 6.45) is 0. The monoisotopic (exact) mass is 132 g/mol. The fraction of sp³-hybridized carbons (Fsp3) is 0.600. The van der Waals surface area contributed by atoms with Gasteiger partial charge in [0.1, 0.15) is 5.25 Å². The Bertz CT molecular complexity index is 174. The van der Waals surface area contributed by atoms with Crippen LogP contribution in [0.15, 0.2) is 0 Å². The lowest BCUT2D eigenvalue weighted by atomic mass is 10.5. The Balaban J connectivity index is 3.97. The van der Waals surface area contributed by atoms with Gasteiger partial charge in [-0.25, -0.2) is 8.42 Å². The average Bonchev–Trinajstić information content (AvgIpc) is 1.67. The molecule has 0 radical (unpaired) electrons. The lowest BCUT2D eigenvalue weighted by Crippen LogP contribution is -1.98. The first-order chi connectivity index (χ1) is 3.68. The number of rotatable bonds is 1. The number of thiol groups is 1. The standard InChI is InChI=1S/C5H8O2S/c1-3-4-5(2)8(6)7/h5,8H,1-2H3. The van der Waals surface area contributed by atoms with Gasteiger partial charge in [-0.1, -0.05) is 5.92 Å². The molecule has 3 heteroatoms. The van der Waals surface area contributed by atoms with Crippen molar-refractivity contribution in [3.8, 4) is 11.8 Å². The molecule has 0 saturated heterocycles. The SMILES string of the molecule is CC#CC(C)[SH](=O)=O. The third-order valence-corrected chi connectivity index (χ3v) is 1.43. The lowest BCUT2D eigenvalue weighted by molar-refractivity contribution is 0.611. The summed E-state index contributed by atoms with van der Waals surface area (Å²) >= 11 is 0. The predicted octanol–water partition coefficient (Wildman–Crippen LogP) is 0.00960. The van der Waals surface area contributed by atoms with Crippen molar-refractivity contribution < 1.29 is 8.42 Å². The van der Waals surface area contributed by atoms with Crippen LogP contribution >= 0.6 is 0 Å². The summed E-state index contributed by atoms with van der Waals surface area (Å²) in [6, 6.07) is 0. The summed E-state index contributed by atoms with van der Waals surface area (Å²) in [5.41, 5.74) is 0. The minimum Gasteiger partial charge on any atom is -0.231 e. The summed E-state index contributed by atoms with van der Waals surface area (Å²) < 4.78 is 20.0. The van der Waals surface area contributed by atoms with E-state index in [2.05, 4.69) is 11.8 Å². The summed E-state index contributed by atoms with van der Waals surface area (Å²) in [5, 5.41) is -0.491. The second-order valence-corrected chi connectivity index (χ2v) is 2.70. The van der Waals surface area contributed by atoms with E-state index >= 15 is 0 Å². The van der Waals surface area contributed by atoms with Crippen LogP contribution in [0.2, 0.25) is 0 Å². The van der Waals surface area contributed by atoms with Crippen molar-refractivity contribution in [1.29, 1.82) is 0 Å². The second kappa shape index (κ2) is 3.50. The molecule has 0 saturated carbocycles. The first kappa shape index (κ1) is 7.51. The fourth-order valence-electron chi connectivity index (χ4n) is 0.262. The van der Waals surface area contributed by atoms with Crippen molar-refractivity contribution >= 4 is 10.7 Å². The number of hydrogen-bond donors (Lipinski definition) is 1. The van der Waals surface area contributed by atoms with Crippen LogP contribution in [-0.4, -0.2) is 13.7 Å². The van der Waals surface area contributed by atoms with Crippen LogP contribution in [0.1, 0.15) is 13.8 Å². The second-order valence-electron chi connectivity index (χ2n) is 1.36. The Morgan fingerprint density at radius 1 is 1.50 bits per heavy atom. The van der Waals surface area contributed by atoms with Crippen molar-refractivity contribution in [2.45, 2.75) is 19.1 Å². The van der Waals surface area contributed by atoms with Gasteiger partial charge in [-0.05, 0) is 13.8 Å². The maximum atomic E-state index is 10.0. The zero-order chi connectivity index (χ0) is 6.57. The van der Waals surface area contributed by atoms with Gasteiger partial charge in [-0.15, -0.1) is 5.92 Å². The van der Waals surface area contributed by atoms with E-state index in [1.54, 1.807) is 13.8 Å². The fourth-order valence-corrected chi connectivity index (χ4v) is 0.496. The van der Waals surface area contributed by atoms with Crippen LogP contribution in [0.3, 0.4) is 0 Å². The molecule has 0 heterocycles. The van der Waals surface area contributed by atoms with Gasteiger partial charge in [0.15, 0.2) is 10.7 Å². The van der Waals surface area contributed by atoms with E-state index < -0.39 is 16.0 Å². The molecular formula is C5H8O2S. The first-order valence-electron chi connectivity index (χ1n) is 2.24. The Kier molecular flexibility index (Phi) is 3.29. The highest BCUT2D eigenvalue weighted by Gasteiger charge is 1.94. The highest BCUT2D eigenvalue weighted by molar-refractivity contribution is 7.73. The van der Waals surface area contributed by atoms with E-state index in [1.807, 2.05) is 0 Å². The zero-order valence-corrected chi connectivity index (χ0v) is 5.74. The van der Waals surface area contributed by atoms with Crippen molar-refractivity contribution in [1.82, 2.24) is 0 Å². The van der Waals surface area contributed by atoms with Crippen LogP contribution in [0.5, 0.6) is 0 Å². The van der Waals surface area contributed by atoms with Gasteiger partial charge in [-0.3, -0.25) is 0 Å². The van der Waals surface area contributed by atoms with E-state index in [0.717, 1.165) is 0 Å². The topological polar surface area (TPSA) is 34.1 Å². The van der Waals surface area contributed by atoms with Gasteiger partial charge >= 0.3 is 0 Å². The van der Waals surface area contributed by atoms with Gasteiger partial charge in [0, 0.05) is 0 Å². The van der Waals surface area contributed by atoms with E-state index in [4.69, 9.17) is 0 Å². The molecule has 8 heavy (non-hydrogen) atoms. The highest BCUT2D eigenvalue weighted by Crippen LogP contribution is 1.81. The molecule has 1 unspecified atom stereocenters. The van der Waals surface area contributed by atoms with Crippen molar-refractivity contribution in [2.75, 3.05) is 0 Å². The molecule has 0 N–H and O–H groups in total. The maximum absolute atomic E-state index is 10.0. The van der Waals surface area contributed by atoms with Crippen molar-refractivity contribution in [2.24, 2.45) is 0 Å². The molecule has 0 aliphatic rings. The molecule has 2 nitrogen and oxygen atoms in total. The molecule has 0 spiro atoms. The summed E-state index contributed by atoms with van der Waals surface area (Å²) in [4.78, 5) is 0. The molecule has 0 aromatic rings. The third kappa shape index (κ3) is 2.64. The Labute approximate surface area is 50.9 Å². The normalized spacial score (nSPS) is 12.4. The average molecular weight is 132 g/mol. The van der Waals surface area contributed by atoms with Gasteiger partial charge < -0.3 is 0 Å². The molecule has 0 fully saturated rings. The molecular weight excluding hydrogens is 124 g/mol. The van der Waals surface area contributed by atoms with E-state index in [9.17, 15) is 8.42 Å². The molecule has 0 bridgehead atoms.